The van der Waals surface area contributed by atoms with Gasteiger partial charge in [-0.2, -0.15) is 0 Å². The lowest BCUT2D eigenvalue weighted by atomic mass is 10.0. The predicted octanol–water partition coefficient (Wildman–Crippen LogP) is 2.55. The summed E-state index contributed by atoms with van der Waals surface area (Å²) in [6, 6.07) is 10.2. The van der Waals surface area contributed by atoms with Crippen molar-refractivity contribution in [2.45, 2.75) is 32.9 Å². The average molecular weight is 246 g/mol. The van der Waals surface area contributed by atoms with Gasteiger partial charge in [0.25, 0.3) is 0 Å². The molecule has 0 saturated carbocycles. The SMILES string of the molecule is CCC(CC)CN1C(=O)CNC1c1ccccc1. The molecule has 0 bridgehead atoms. The van der Waals surface area contributed by atoms with Gasteiger partial charge < -0.3 is 4.90 Å². The van der Waals surface area contributed by atoms with Crippen LogP contribution in [-0.4, -0.2) is 23.9 Å². The van der Waals surface area contributed by atoms with Crippen LogP contribution in [0.3, 0.4) is 0 Å². The van der Waals surface area contributed by atoms with Crippen LogP contribution in [0.25, 0.3) is 0 Å². The molecule has 0 aromatic heterocycles. The zero-order valence-corrected chi connectivity index (χ0v) is 11.2. The quantitative estimate of drug-likeness (QED) is 0.866. The average Bonchev–Trinajstić information content (AvgIpc) is 2.78. The summed E-state index contributed by atoms with van der Waals surface area (Å²) in [4.78, 5) is 14.0. The van der Waals surface area contributed by atoms with E-state index < -0.39 is 0 Å². The van der Waals surface area contributed by atoms with Crippen molar-refractivity contribution in [1.82, 2.24) is 10.2 Å². The van der Waals surface area contributed by atoms with E-state index in [-0.39, 0.29) is 12.1 Å². The van der Waals surface area contributed by atoms with Crippen LogP contribution in [0.5, 0.6) is 0 Å². The summed E-state index contributed by atoms with van der Waals surface area (Å²) < 4.78 is 0. The Kier molecular flexibility index (Phi) is 4.37. The summed E-state index contributed by atoms with van der Waals surface area (Å²) in [5, 5.41) is 3.30. The molecule has 2 rings (SSSR count). The van der Waals surface area contributed by atoms with Crippen LogP contribution in [0.2, 0.25) is 0 Å². The third-order valence-corrected chi connectivity index (χ3v) is 3.80. The van der Waals surface area contributed by atoms with Gasteiger partial charge in [-0.05, 0) is 11.5 Å². The molecule has 3 heteroatoms. The third-order valence-electron chi connectivity index (χ3n) is 3.80. The molecular weight excluding hydrogens is 224 g/mol. The van der Waals surface area contributed by atoms with Crippen molar-refractivity contribution in [3.05, 3.63) is 35.9 Å². The number of nitrogens with one attached hydrogen (secondary N) is 1. The number of benzene rings is 1. The topological polar surface area (TPSA) is 32.3 Å². The van der Waals surface area contributed by atoms with E-state index in [1.807, 2.05) is 23.1 Å². The molecular formula is C15H22N2O. The number of carbonyl (C=O) groups excluding carboxylic acids is 1. The van der Waals surface area contributed by atoms with Crippen molar-refractivity contribution >= 4 is 5.91 Å². The minimum atomic E-state index is 0.0549. The Hall–Kier alpha value is -1.35. The molecule has 98 valence electrons. The molecule has 1 N–H and O–H groups in total. The largest absolute Gasteiger partial charge is 0.322 e. The number of carbonyl (C=O) groups is 1. The lowest BCUT2D eigenvalue weighted by Gasteiger charge is -2.28. The van der Waals surface area contributed by atoms with E-state index in [2.05, 4.69) is 31.3 Å². The molecule has 1 atom stereocenters. The fraction of sp³-hybridized carbons (Fsp3) is 0.533. The summed E-state index contributed by atoms with van der Waals surface area (Å²) in [5.41, 5.74) is 1.18. The first-order valence-corrected chi connectivity index (χ1v) is 6.84. The lowest BCUT2D eigenvalue weighted by molar-refractivity contribution is -0.128. The number of rotatable bonds is 5. The highest BCUT2D eigenvalue weighted by molar-refractivity contribution is 5.80. The Morgan fingerprint density at radius 2 is 1.94 bits per heavy atom. The molecule has 1 aliphatic heterocycles. The Labute approximate surface area is 109 Å². The van der Waals surface area contributed by atoms with Crippen molar-refractivity contribution in [2.75, 3.05) is 13.1 Å². The number of nitrogens with zero attached hydrogens (tertiary/aromatic N) is 1. The second kappa shape index (κ2) is 6.01. The molecule has 1 aromatic rings. The number of hydrogen-bond acceptors (Lipinski definition) is 2. The highest BCUT2D eigenvalue weighted by Crippen LogP contribution is 2.24. The molecule has 1 unspecified atom stereocenters. The van der Waals surface area contributed by atoms with E-state index in [4.69, 9.17) is 0 Å². The van der Waals surface area contributed by atoms with Gasteiger partial charge in [0.05, 0.1) is 6.54 Å². The van der Waals surface area contributed by atoms with E-state index >= 15 is 0 Å². The fourth-order valence-corrected chi connectivity index (χ4v) is 2.51. The smallest absolute Gasteiger partial charge is 0.238 e. The standard InChI is InChI=1S/C15H22N2O/c1-3-12(4-2)11-17-14(18)10-16-15(17)13-8-6-5-7-9-13/h5-9,12,15-16H,3-4,10-11H2,1-2H3. The minimum absolute atomic E-state index is 0.0549. The number of hydrogen-bond donors (Lipinski definition) is 1. The van der Waals surface area contributed by atoms with Gasteiger partial charge in [0.2, 0.25) is 5.91 Å². The first-order chi connectivity index (χ1) is 8.76. The van der Waals surface area contributed by atoms with Gasteiger partial charge in [0.1, 0.15) is 6.17 Å². The van der Waals surface area contributed by atoms with Crippen molar-refractivity contribution in [2.24, 2.45) is 5.92 Å². The number of amides is 1. The zero-order chi connectivity index (χ0) is 13.0. The Balaban J connectivity index is 2.13. The molecule has 1 heterocycles. The Bertz CT molecular complexity index is 387. The summed E-state index contributed by atoms with van der Waals surface area (Å²) in [5.74, 6) is 0.816. The predicted molar refractivity (Wildman–Crippen MR) is 73.0 cm³/mol. The molecule has 0 aliphatic carbocycles. The first-order valence-electron chi connectivity index (χ1n) is 6.84. The van der Waals surface area contributed by atoms with Gasteiger partial charge in [-0.3, -0.25) is 10.1 Å². The molecule has 1 amide bonds. The van der Waals surface area contributed by atoms with Crippen LogP contribution < -0.4 is 5.32 Å². The monoisotopic (exact) mass is 246 g/mol. The molecule has 0 radical (unpaired) electrons. The lowest BCUT2D eigenvalue weighted by Crippen LogP contribution is -2.34. The van der Waals surface area contributed by atoms with Crippen molar-refractivity contribution in [1.29, 1.82) is 0 Å². The molecule has 3 nitrogen and oxygen atoms in total. The van der Waals surface area contributed by atoms with Crippen molar-refractivity contribution in [3.8, 4) is 0 Å². The van der Waals surface area contributed by atoms with Crippen LogP contribution in [0.15, 0.2) is 30.3 Å². The molecule has 1 saturated heterocycles. The first kappa shape index (κ1) is 13.1. The maximum absolute atomic E-state index is 12.0. The maximum atomic E-state index is 12.0. The van der Waals surface area contributed by atoms with E-state index in [1.165, 1.54) is 5.56 Å². The van der Waals surface area contributed by atoms with Gasteiger partial charge in [-0.15, -0.1) is 0 Å². The molecule has 0 spiro atoms. The highest BCUT2D eigenvalue weighted by atomic mass is 16.2. The van der Waals surface area contributed by atoms with E-state index in [0.717, 1.165) is 19.4 Å². The Morgan fingerprint density at radius 3 is 2.56 bits per heavy atom. The highest BCUT2D eigenvalue weighted by Gasteiger charge is 2.32. The van der Waals surface area contributed by atoms with Crippen LogP contribution >= 0.6 is 0 Å². The van der Waals surface area contributed by atoms with Crippen LogP contribution in [0, 0.1) is 5.92 Å². The van der Waals surface area contributed by atoms with Crippen molar-refractivity contribution < 1.29 is 4.79 Å². The summed E-state index contributed by atoms with van der Waals surface area (Å²) in [6.07, 6.45) is 2.31. The van der Waals surface area contributed by atoms with Gasteiger partial charge in [0.15, 0.2) is 0 Å². The molecule has 1 aliphatic rings. The third kappa shape index (κ3) is 2.72. The van der Waals surface area contributed by atoms with Crippen LogP contribution in [0.4, 0.5) is 0 Å². The van der Waals surface area contributed by atoms with Gasteiger partial charge in [0, 0.05) is 6.54 Å². The van der Waals surface area contributed by atoms with Crippen LogP contribution in [0.1, 0.15) is 38.4 Å². The van der Waals surface area contributed by atoms with Gasteiger partial charge in [-0.1, -0.05) is 57.0 Å². The van der Waals surface area contributed by atoms with Crippen molar-refractivity contribution in [3.63, 3.8) is 0 Å². The summed E-state index contributed by atoms with van der Waals surface area (Å²) in [7, 11) is 0. The summed E-state index contributed by atoms with van der Waals surface area (Å²) >= 11 is 0. The van der Waals surface area contributed by atoms with Crippen LogP contribution in [-0.2, 0) is 4.79 Å². The molecule has 1 fully saturated rings. The maximum Gasteiger partial charge on any atom is 0.238 e. The van der Waals surface area contributed by atoms with E-state index in [1.54, 1.807) is 0 Å². The second-order valence-corrected chi connectivity index (χ2v) is 4.92. The van der Waals surface area contributed by atoms with Gasteiger partial charge in [-0.25, -0.2) is 0 Å². The summed E-state index contributed by atoms with van der Waals surface area (Å²) in [6.45, 7) is 5.71. The fourth-order valence-electron chi connectivity index (χ4n) is 2.51. The zero-order valence-electron chi connectivity index (χ0n) is 11.2. The molecule has 1 aromatic carbocycles. The van der Waals surface area contributed by atoms with E-state index in [0.29, 0.717) is 12.5 Å². The molecule has 18 heavy (non-hydrogen) atoms. The minimum Gasteiger partial charge on any atom is -0.322 e. The van der Waals surface area contributed by atoms with E-state index in [9.17, 15) is 4.79 Å². The normalized spacial score (nSPS) is 19.8. The Morgan fingerprint density at radius 1 is 1.28 bits per heavy atom. The van der Waals surface area contributed by atoms with Gasteiger partial charge >= 0.3 is 0 Å². The second-order valence-electron chi connectivity index (χ2n) is 4.92.